The summed E-state index contributed by atoms with van der Waals surface area (Å²) in [5, 5.41) is 3.28. The lowest BCUT2D eigenvalue weighted by Crippen LogP contribution is -2.35. The van der Waals surface area contributed by atoms with Crippen molar-refractivity contribution in [1.29, 1.82) is 0 Å². The molecule has 2 atom stereocenters. The second kappa shape index (κ2) is 8.24. The summed E-state index contributed by atoms with van der Waals surface area (Å²) in [6.07, 6.45) is 5.56. The van der Waals surface area contributed by atoms with E-state index in [4.69, 9.17) is 11.6 Å². The molecule has 1 N–H and O–H groups in total. The van der Waals surface area contributed by atoms with E-state index in [1.807, 2.05) is 0 Å². The summed E-state index contributed by atoms with van der Waals surface area (Å²) >= 11 is 7.55. The molecular formula is C12H22ClNOS. The van der Waals surface area contributed by atoms with Gasteiger partial charge < -0.3 is 5.32 Å². The highest BCUT2D eigenvalue weighted by Crippen LogP contribution is 2.26. The summed E-state index contributed by atoms with van der Waals surface area (Å²) in [6, 6.07) is 0. The quantitative estimate of drug-likeness (QED) is 0.716. The van der Waals surface area contributed by atoms with E-state index < -0.39 is 0 Å². The molecule has 0 aliphatic carbocycles. The highest BCUT2D eigenvalue weighted by Gasteiger charge is 2.23. The highest BCUT2D eigenvalue weighted by atomic mass is 35.5. The lowest BCUT2D eigenvalue weighted by Gasteiger charge is -2.17. The smallest absolute Gasteiger partial charge is 0.233 e. The molecule has 1 aliphatic rings. The third-order valence-electron chi connectivity index (χ3n) is 3.00. The summed E-state index contributed by atoms with van der Waals surface area (Å²) in [7, 11) is 0. The van der Waals surface area contributed by atoms with Crippen LogP contribution in [0, 0.1) is 5.92 Å². The largest absolute Gasteiger partial charge is 0.355 e. The maximum Gasteiger partial charge on any atom is 0.233 e. The fourth-order valence-electron chi connectivity index (χ4n) is 2.05. The van der Waals surface area contributed by atoms with Gasteiger partial charge in [-0.05, 0) is 37.4 Å². The summed E-state index contributed by atoms with van der Waals surface area (Å²) in [6.45, 7) is 2.98. The minimum absolute atomic E-state index is 0.207. The molecule has 1 amide bonds. The topological polar surface area (TPSA) is 29.1 Å². The molecule has 2 unspecified atom stereocenters. The van der Waals surface area contributed by atoms with E-state index in [2.05, 4.69) is 12.2 Å². The second-order valence-electron chi connectivity index (χ2n) is 4.38. The fourth-order valence-corrected chi connectivity index (χ4v) is 3.55. The molecule has 1 saturated heterocycles. The van der Waals surface area contributed by atoms with Gasteiger partial charge in [-0.2, -0.15) is 0 Å². The Morgan fingerprint density at radius 3 is 2.94 bits per heavy atom. The van der Waals surface area contributed by atoms with Gasteiger partial charge >= 0.3 is 0 Å². The molecule has 0 spiro atoms. The highest BCUT2D eigenvalue weighted by molar-refractivity contribution is 8.00. The molecule has 0 aromatic rings. The summed E-state index contributed by atoms with van der Waals surface area (Å²) < 4.78 is 0. The van der Waals surface area contributed by atoms with Crippen molar-refractivity contribution in [3.05, 3.63) is 0 Å². The Bertz CT molecular complexity index is 201. The third-order valence-corrected chi connectivity index (χ3v) is 4.60. The van der Waals surface area contributed by atoms with Crippen molar-refractivity contribution in [3.8, 4) is 0 Å². The predicted octanol–water partition coefficient (Wildman–Crippen LogP) is 3.04. The van der Waals surface area contributed by atoms with Crippen LogP contribution in [0.4, 0.5) is 0 Å². The summed E-state index contributed by atoms with van der Waals surface area (Å²) in [5.41, 5.74) is 0. The molecule has 1 heterocycles. The van der Waals surface area contributed by atoms with Crippen LogP contribution in [0.3, 0.4) is 0 Å². The average molecular weight is 264 g/mol. The first-order chi connectivity index (χ1) is 7.77. The molecule has 2 nitrogen and oxygen atoms in total. The maximum atomic E-state index is 11.8. The molecule has 0 saturated carbocycles. The van der Waals surface area contributed by atoms with E-state index in [0.717, 1.165) is 38.0 Å². The normalized spacial score (nSPS) is 22.0. The Hall–Kier alpha value is 0.110. The van der Waals surface area contributed by atoms with Crippen molar-refractivity contribution in [2.75, 3.05) is 18.2 Å². The van der Waals surface area contributed by atoms with Crippen LogP contribution >= 0.6 is 23.4 Å². The van der Waals surface area contributed by atoms with E-state index >= 15 is 0 Å². The molecule has 0 aromatic heterocycles. The second-order valence-corrected chi connectivity index (χ2v) is 6.07. The van der Waals surface area contributed by atoms with Crippen molar-refractivity contribution < 1.29 is 4.79 Å². The Balaban J connectivity index is 2.21. The van der Waals surface area contributed by atoms with E-state index in [1.54, 1.807) is 11.8 Å². The molecular weight excluding hydrogens is 242 g/mol. The van der Waals surface area contributed by atoms with Gasteiger partial charge in [0.25, 0.3) is 0 Å². The Morgan fingerprint density at radius 1 is 1.56 bits per heavy atom. The van der Waals surface area contributed by atoms with Crippen LogP contribution in [0.2, 0.25) is 0 Å². The van der Waals surface area contributed by atoms with Gasteiger partial charge in [0.05, 0.1) is 5.25 Å². The number of hydrogen-bond donors (Lipinski definition) is 1. The van der Waals surface area contributed by atoms with Gasteiger partial charge in [0.1, 0.15) is 0 Å². The van der Waals surface area contributed by atoms with E-state index in [1.165, 1.54) is 6.42 Å². The number of carbonyl (C=O) groups is 1. The first-order valence-corrected chi connectivity index (χ1v) is 7.81. The molecule has 4 heteroatoms. The van der Waals surface area contributed by atoms with Gasteiger partial charge in [0.2, 0.25) is 5.91 Å². The summed E-state index contributed by atoms with van der Waals surface area (Å²) in [5.74, 6) is 2.62. The maximum absolute atomic E-state index is 11.8. The molecule has 16 heavy (non-hydrogen) atoms. The Morgan fingerprint density at radius 2 is 2.38 bits per heavy atom. The molecule has 94 valence electrons. The fraction of sp³-hybridized carbons (Fsp3) is 0.917. The number of rotatable bonds is 7. The lowest BCUT2D eigenvalue weighted by molar-refractivity contribution is -0.120. The first kappa shape index (κ1) is 14.2. The van der Waals surface area contributed by atoms with Gasteiger partial charge in [0.15, 0.2) is 0 Å². The number of halogens is 1. The van der Waals surface area contributed by atoms with Crippen molar-refractivity contribution in [1.82, 2.24) is 5.32 Å². The lowest BCUT2D eigenvalue weighted by atomic mass is 10.0. The van der Waals surface area contributed by atoms with Crippen LogP contribution < -0.4 is 5.32 Å². The number of amides is 1. The number of thioether (sulfide) groups is 1. The van der Waals surface area contributed by atoms with Crippen LogP contribution in [0.25, 0.3) is 0 Å². The van der Waals surface area contributed by atoms with E-state index in [9.17, 15) is 4.79 Å². The number of hydrogen-bond acceptors (Lipinski definition) is 2. The Labute approximate surface area is 108 Å². The minimum atomic E-state index is 0.207. The van der Waals surface area contributed by atoms with Crippen LogP contribution in [0.15, 0.2) is 0 Å². The number of alkyl halides is 1. The van der Waals surface area contributed by atoms with E-state index in [-0.39, 0.29) is 11.2 Å². The molecule has 1 fully saturated rings. The van der Waals surface area contributed by atoms with Crippen LogP contribution in [-0.2, 0) is 4.79 Å². The molecule has 0 bridgehead atoms. The summed E-state index contributed by atoms with van der Waals surface area (Å²) in [4.78, 5) is 11.8. The first-order valence-electron chi connectivity index (χ1n) is 6.23. The minimum Gasteiger partial charge on any atom is -0.355 e. The van der Waals surface area contributed by atoms with Crippen molar-refractivity contribution in [3.63, 3.8) is 0 Å². The van der Waals surface area contributed by atoms with Crippen molar-refractivity contribution in [2.24, 2.45) is 5.92 Å². The van der Waals surface area contributed by atoms with Gasteiger partial charge in [0, 0.05) is 12.4 Å². The molecule has 1 rings (SSSR count). The number of carbonyl (C=O) groups excluding carboxylic acids is 1. The van der Waals surface area contributed by atoms with Gasteiger partial charge in [-0.25, -0.2) is 0 Å². The zero-order chi connectivity index (χ0) is 11.8. The van der Waals surface area contributed by atoms with E-state index in [0.29, 0.717) is 11.8 Å². The van der Waals surface area contributed by atoms with Crippen LogP contribution in [0.5, 0.6) is 0 Å². The SMILES string of the molecule is CCCC(CCCl)CNC(=O)C1CCCS1. The zero-order valence-corrected chi connectivity index (χ0v) is 11.6. The zero-order valence-electron chi connectivity index (χ0n) is 10.0. The third kappa shape index (κ3) is 4.96. The van der Waals surface area contributed by atoms with Crippen LogP contribution in [-0.4, -0.2) is 29.3 Å². The van der Waals surface area contributed by atoms with Gasteiger partial charge in [-0.3, -0.25) is 4.79 Å². The number of nitrogens with one attached hydrogen (secondary N) is 1. The van der Waals surface area contributed by atoms with Crippen LogP contribution in [0.1, 0.15) is 39.0 Å². The predicted molar refractivity (Wildman–Crippen MR) is 72.2 cm³/mol. The Kier molecular flexibility index (Phi) is 7.30. The molecule has 0 aromatic carbocycles. The van der Waals surface area contributed by atoms with Gasteiger partial charge in [-0.15, -0.1) is 23.4 Å². The van der Waals surface area contributed by atoms with Gasteiger partial charge in [-0.1, -0.05) is 13.3 Å². The standard InChI is InChI=1S/C12H22ClNOS/c1-2-4-10(6-7-13)9-14-12(15)11-5-3-8-16-11/h10-11H,2-9H2,1H3,(H,14,15). The molecule has 1 aliphatic heterocycles. The van der Waals surface area contributed by atoms with Crippen molar-refractivity contribution in [2.45, 2.75) is 44.3 Å². The molecule has 0 radical (unpaired) electrons. The monoisotopic (exact) mass is 263 g/mol. The average Bonchev–Trinajstić information content (AvgIpc) is 2.79. The van der Waals surface area contributed by atoms with Crippen molar-refractivity contribution >= 4 is 29.3 Å².